The van der Waals surface area contributed by atoms with Gasteiger partial charge in [0, 0.05) is 4.48 Å². The van der Waals surface area contributed by atoms with Gasteiger partial charge in [-0.2, -0.15) is 0 Å². The number of halogens is 1. The second-order valence-electron chi connectivity index (χ2n) is 10.2. The van der Waals surface area contributed by atoms with Gasteiger partial charge >= 0.3 is 0 Å². The normalized spacial score (nSPS) is 29.6. The second kappa shape index (κ2) is 7.49. The van der Waals surface area contributed by atoms with Crippen molar-refractivity contribution < 1.29 is 19.1 Å². The number of aliphatic hydroxyl groups excluding tert-OH is 2. The van der Waals surface area contributed by atoms with E-state index in [2.05, 4.69) is 83.7 Å². The molecular weight excluding hydrogens is 416 g/mol. The van der Waals surface area contributed by atoms with Crippen molar-refractivity contribution in [3.8, 4) is 0 Å². The fourth-order valence-electron chi connectivity index (χ4n) is 2.15. The minimum absolute atomic E-state index is 0.00678. The van der Waals surface area contributed by atoms with Crippen LogP contribution in [0.3, 0.4) is 0 Å². The molecular formula is C18H37BrO4Si2. The lowest BCUT2D eigenvalue weighted by Crippen LogP contribution is -2.59. The lowest BCUT2D eigenvalue weighted by molar-refractivity contribution is -0.0794. The highest BCUT2D eigenvalue weighted by Crippen LogP contribution is 2.43. The maximum absolute atomic E-state index is 10.7. The molecule has 0 fully saturated rings. The summed E-state index contributed by atoms with van der Waals surface area (Å²) in [6, 6.07) is 0. The van der Waals surface area contributed by atoms with Crippen molar-refractivity contribution in [1.82, 2.24) is 0 Å². The molecule has 0 unspecified atom stereocenters. The van der Waals surface area contributed by atoms with Gasteiger partial charge in [-0.3, -0.25) is 0 Å². The molecule has 0 spiro atoms. The van der Waals surface area contributed by atoms with Gasteiger partial charge in [0.15, 0.2) is 16.6 Å². The Morgan fingerprint density at radius 2 is 1.28 bits per heavy atom. The Balaban J connectivity index is 3.23. The maximum atomic E-state index is 10.7. The van der Waals surface area contributed by atoms with Crippen LogP contribution in [0.1, 0.15) is 41.5 Å². The average molecular weight is 454 g/mol. The number of rotatable bonds is 4. The van der Waals surface area contributed by atoms with Gasteiger partial charge in [-0.05, 0) is 42.3 Å². The molecule has 7 heteroatoms. The molecule has 1 aliphatic rings. The molecule has 0 aromatic heterocycles. The Labute approximate surface area is 164 Å². The topological polar surface area (TPSA) is 58.9 Å². The van der Waals surface area contributed by atoms with Crippen LogP contribution in [-0.4, -0.2) is 51.3 Å². The molecule has 0 heterocycles. The molecule has 4 atom stereocenters. The molecule has 0 aliphatic heterocycles. The van der Waals surface area contributed by atoms with Crippen molar-refractivity contribution in [1.29, 1.82) is 0 Å². The Morgan fingerprint density at radius 1 is 0.880 bits per heavy atom. The van der Waals surface area contributed by atoms with Gasteiger partial charge in [0.25, 0.3) is 0 Å². The molecule has 148 valence electrons. The summed E-state index contributed by atoms with van der Waals surface area (Å²) in [5.74, 6) is 0. The quantitative estimate of drug-likeness (QED) is 0.602. The Kier molecular flexibility index (Phi) is 7.05. The van der Waals surface area contributed by atoms with Crippen LogP contribution in [0.4, 0.5) is 0 Å². The SMILES string of the molecule is CC(C)(C)[Si](C)(C)O[C@H]1[C@H](O)[C@H](O)C=C(Br)[C@H]1O[Si](C)(C)C(C)(C)C. The smallest absolute Gasteiger partial charge is 0.193 e. The monoisotopic (exact) mass is 452 g/mol. The summed E-state index contributed by atoms with van der Waals surface area (Å²) in [7, 11) is -4.22. The van der Waals surface area contributed by atoms with Crippen molar-refractivity contribution >= 4 is 32.6 Å². The standard InChI is InChI=1S/C18H37BrO4Si2/c1-17(2,3)24(7,8)22-15-12(19)11-13(20)14(21)16(15)23-25(9,10)18(4,5)6/h11,13-16,20-21H,1-10H3/t13-,14-,15-,16+/m1/s1. The molecule has 1 aliphatic carbocycles. The van der Waals surface area contributed by atoms with Gasteiger partial charge in [-0.25, -0.2) is 0 Å². The van der Waals surface area contributed by atoms with Gasteiger partial charge in [0.1, 0.15) is 24.4 Å². The third-order valence-electron chi connectivity index (χ3n) is 6.05. The summed E-state index contributed by atoms with van der Waals surface area (Å²) in [5.41, 5.74) is 0. The van der Waals surface area contributed by atoms with Gasteiger partial charge in [-0.15, -0.1) is 0 Å². The Bertz CT molecular complexity index is 506. The van der Waals surface area contributed by atoms with Crippen LogP contribution in [0.25, 0.3) is 0 Å². The van der Waals surface area contributed by atoms with Crippen LogP contribution < -0.4 is 0 Å². The zero-order valence-electron chi connectivity index (χ0n) is 17.5. The fraction of sp³-hybridized carbons (Fsp3) is 0.889. The first kappa shape index (κ1) is 23.5. The lowest BCUT2D eigenvalue weighted by atomic mass is 9.96. The first-order valence-electron chi connectivity index (χ1n) is 9.00. The highest BCUT2D eigenvalue weighted by atomic mass is 79.9. The average Bonchev–Trinajstić information content (AvgIpc) is 2.37. The summed E-state index contributed by atoms with van der Waals surface area (Å²) in [5, 5.41) is 21.0. The first-order valence-corrected chi connectivity index (χ1v) is 15.6. The third-order valence-corrected chi connectivity index (χ3v) is 15.7. The van der Waals surface area contributed by atoms with E-state index >= 15 is 0 Å². The van der Waals surface area contributed by atoms with E-state index < -0.39 is 41.1 Å². The molecule has 0 bridgehead atoms. The van der Waals surface area contributed by atoms with Crippen molar-refractivity contribution in [2.75, 3.05) is 0 Å². The molecule has 0 amide bonds. The molecule has 25 heavy (non-hydrogen) atoms. The minimum atomic E-state index is -2.14. The van der Waals surface area contributed by atoms with Crippen LogP contribution >= 0.6 is 15.9 Å². The number of hydrogen-bond donors (Lipinski definition) is 2. The first-order chi connectivity index (χ1) is 10.9. The molecule has 0 aromatic carbocycles. The lowest BCUT2D eigenvalue weighted by Gasteiger charge is -2.48. The summed E-state index contributed by atoms with van der Waals surface area (Å²) in [4.78, 5) is 0. The predicted octanol–water partition coefficient (Wildman–Crippen LogP) is 4.78. The van der Waals surface area contributed by atoms with E-state index in [-0.39, 0.29) is 10.1 Å². The zero-order chi connectivity index (χ0) is 20.0. The molecule has 1 rings (SSSR count). The predicted molar refractivity (Wildman–Crippen MR) is 113 cm³/mol. The molecule has 0 aromatic rings. The van der Waals surface area contributed by atoms with Gasteiger partial charge in [-0.1, -0.05) is 57.5 Å². The summed E-state index contributed by atoms with van der Waals surface area (Å²) >= 11 is 3.56. The maximum Gasteiger partial charge on any atom is 0.193 e. The number of hydrogen-bond acceptors (Lipinski definition) is 4. The van der Waals surface area contributed by atoms with Crippen molar-refractivity contribution in [2.24, 2.45) is 0 Å². The van der Waals surface area contributed by atoms with E-state index in [1.165, 1.54) is 0 Å². The third kappa shape index (κ3) is 5.27. The summed E-state index contributed by atoms with van der Waals surface area (Å²) < 4.78 is 13.9. The molecule has 0 saturated heterocycles. The molecule has 4 nitrogen and oxygen atoms in total. The van der Waals surface area contributed by atoms with E-state index in [4.69, 9.17) is 8.85 Å². The molecule has 0 saturated carbocycles. The Hall–Kier alpha value is 0.494. The number of aliphatic hydroxyl groups is 2. The van der Waals surface area contributed by atoms with E-state index in [0.29, 0.717) is 0 Å². The highest BCUT2D eigenvalue weighted by molar-refractivity contribution is 9.11. The largest absolute Gasteiger partial charge is 0.408 e. The van der Waals surface area contributed by atoms with Crippen LogP contribution in [-0.2, 0) is 8.85 Å². The zero-order valence-corrected chi connectivity index (χ0v) is 21.1. The van der Waals surface area contributed by atoms with E-state index in [0.717, 1.165) is 4.48 Å². The van der Waals surface area contributed by atoms with Crippen molar-refractivity contribution in [3.05, 3.63) is 10.6 Å². The van der Waals surface area contributed by atoms with Crippen molar-refractivity contribution in [3.63, 3.8) is 0 Å². The summed E-state index contributed by atoms with van der Waals surface area (Å²) in [6.07, 6.45) is -1.29. The van der Waals surface area contributed by atoms with Gasteiger partial charge in [0.2, 0.25) is 0 Å². The van der Waals surface area contributed by atoms with Crippen LogP contribution in [0.2, 0.25) is 36.3 Å². The molecule has 0 radical (unpaired) electrons. The minimum Gasteiger partial charge on any atom is -0.408 e. The van der Waals surface area contributed by atoms with E-state index in [1.807, 2.05) is 0 Å². The van der Waals surface area contributed by atoms with E-state index in [9.17, 15) is 10.2 Å². The summed E-state index contributed by atoms with van der Waals surface area (Å²) in [6.45, 7) is 21.8. The van der Waals surface area contributed by atoms with Gasteiger partial charge < -0.3 is 19.1 Å². The highest BCUT2D eigenvalue weighted by Gasteiger charge is 2.49. The van der Waals surface area contributed by atoms with Gasteiger partial charge in [0.05, 0.1) is 0 Å². The van der Waals surface area contributed by atoms with Crippen LogP contribution in [0, 0.1) is 0 Å². The Morgan fingerprint density at radius 3 is 1.68 bits per heavy atom. The fourth-order valence-corrected chi connectivity index (χ4v) is 5.50. The second-order valence-corrected chi connectivity index (χ2v) is 20.6. The van der Waals surface area contributed by atoms with Crippen LogP contribution in [0.5, 0.6) is 0 Å². The van der Waals surface area contributed by atoms with E-state index in [1.54, 1.807) is 6.08 Å². The van der Waals surface area contributed by atoms with Crippen molar-refractivity contribution in [2.45, 2.75) is 102 Å². The van der Waals surface area contributed by atoms with Crippen LogP contribution in [0.15, 0.2) is 10.6 Å². The molecule has 2 N–H and O–H groups in total.